The first kappa shape index (κ1) is 21.3. The van der Waals surface area contributed by atoms with E-state index >= 15 is 0 Å². The molecule has 1 aliphatic rings. The zero-order valence-corrected chi connectivity index (χ0v) is 18.1. The SMILES string of the molecule is CCC[NH+]1CCc2c(sc(NC(=O)Cc3ccc(OC)cc3)c2C(=O)OCC)C1. The molecule has 2 aromatic rings. The summed E-state index contributed by atoms with van der Waals surface area (Å²) < 4.78 is 10.4. The second kappa shape index (κ2) is 9.89. The lowest BCUT2D eigenvalue weighted by molar-refractivity contribution is -0.915. The number of quaternary nitrogens is 1. The van der Waals surface area contributed by atoms with Gasteiger partial charge in [-0.2, -0.15) is 0 Å². The van der Waals surface area contributed by atoms with Gasteiger partial charge in [-0.25, -0.2) is 4.79 Å². The molecule has 1 aliphatic heterocycles. The van der Waals surface area contributed by atoms with Crippen LogP contribution in [0, 0.1) is 0 Å². The summed E-state index contributed by atoms with van der Waals surface area (Å²) in [5.41, 5.74) is 2.49. The molecule has 156 valence electrons. The van der Waals surface area contributed by atoms with E-state index in [1.165, 1.54) is 21.1 Å². The second-order valence-electron chi connectivity index (χ2n) is 7.18. The molecule has 29 heavy (non-hydrogen) atoms. The topological polar surface area (TPSA) is 69.1 Å². The molecule has 0 saturated carbocycles. The summed E-state index contributed by atoms with van der Waals surface area (Å²) >= 11 is 1.52. The highest BCUT2D eigenvalue weighted by molar-refractivity contribution is 7.17. The normalized spacial score (nSPS) is 15.5. The third-order valence-corrected chi connectivity index (χ3v) is 6.24. The van der Waals surface area contributed by atoms with Gasteiger partial charge in [-0.05, 0) is 36.6 Å². The van der Waals surface area contributed by atoms with Gasteiger partial charge in [0.05, 0.1) is 43.7 Å². The molecule has 7 heteroatoms. The van der Waals surface area contributed by atoms with E-state index in [4.69, 9.17) is 9.47 Å². The number of benzene rings is 1. The van der Waals surface area contributed by atoms with Gasteiger partial charge < -0.3 is 19.7 Å². The fourth-order valence-electron chi connectivity index (χ4n) is 3.71. The first-order chi connectivity index (χ1) is 14.0. The Morgan fingerprint density at radius 1 is 1.21 bits per heavy atom. The van der Waals surface area contributed by atoms with Crippen molar-refractivity contribution in [3.05, 3.63) is 45.8 Å². The van der Waals surface area contributed by atoms with Crippen LogP contribution in [0.5, 0.6) is 5.75 Å². The highest BCUT2D eigenvalue weighted by atomic mass is 32.1. The van der Waals surface area contributed by atoms with Crippen molar-refractivity contribution >= 4 is 28.2 Å². The first-order valence-electron chi connectivity index (χ1n) is 10.1. The van der Waals surface area contributed by atoms with E-state index in [2.05, 4.69) is 12.2 Å². The van der Waals surface area contributed by atoms with Crippen molar-refractivity contribution in [1.29, 1.82) is 0 Å². The maximum atomic E-state index is 12.7. The van der Waals surface area contributed by atoms with Crippen LogP contribution in [0.15, 0.2) is 24.3 Å². The van der Waals surface area contributed by atoms with Crippen LogP contribution in [-0.2, 0) is 28.9 Å². The molecule has 1 aromatic carbocycles. The Kier molecular flexibility index (Phi) is 7.28. The summed E-state index contributed by atoms with van der Waals surface area (Å²) in [6.45, 7) is 7.32. The summed E-state index contributed by atoms with van der Waals surface area (Å²) in [6, 6.07) is 7.41. The lowest BCUT2D eigenvalue weighted by atomic mass is 10.0. The Balaban J connectivity index is 1.79. The molecule has 1 unspecified atom stereocenters. The zero-order valence-electron chi connectivity index (χ0n) is 17.3. The molecule has 1 aromatic heterocycles. The Labute approximate surface area is 175 Å². The molecule has 0 saturated heterocycles. The zero-order chi connectivity index (χ0) is 20.8. The third kappa shape index (κ3) is 5.16. The monoisotopic (exact) mass is 417 g/mol. The van der Waals surface area contributed by atoms with Gasteiger partial charge >= 0.3 is 5.97 Å². The summed E-state index contributed by atoms with van der Waals surface area (Å²) in [7, 11) is 1.61. The summed E-state index contributed by atoms with van der Waals surface area (Å²) in [4.78, 5) is 28.0. The molecular weight excluding hydrogens is 388 g/mol. The van der Waals surface area contributed by atoms with Crippen molar-refractivity contribution in [2.24, 2.45) is 0 Å². The van der Waals surface area contributed by atoms with Crippen LogP contribution in [0.1, 0.15) is 46.6 Å². The number of ether oxygens (including phenoxy) is 2. The number of amides is 1. The van der Waals surface area contributed by atoms with Crippen LogP contribution in [0.3, 0.4) is 0 Å². The van der Waals surface area contributed by atoms with Gasteiger partial charge in [0.1, 0.15) is 17.3 Å². The number of anilines is 1. The molecule has 0 aliphatic carbocycles. The number of fused-ring (bicyclic) bond motifs is 1. The number of methoxy groups -OCH3 is 1. The van der Waals surface area contributed by atoms with Gasteiger partial charge in [0.25, 0.3) is 0 Å². The number of nitrogens with one attached hydrogen (secondary N) is 2. The van der Waals surface area contributed by atoms with E-state index in [0.717, 1.165) is 49.4 Å². The number of hydrogen-bond acceptors (Lipinski definition) is 5. The lowest BCUT2D eigenvalue weighted by Gasteiger charge is -2.23. The molecule has 0 fully saturated rings. The maximum Gasteiger partial charge on any atom is 0.341 e. The molecule has 6 nitrogen and oxygen atoms in total. The largest absolute Gasteiger partial charge is 0.497 e. The average Bonchev–Trinajstić information content (AvgIpc) is 3.06. The molecule has 2 N–H and O–H groups in total. The molecule has 0 spiro atoms. The van der Waals surface area contributed by atoms with E-state index in [-0.39, 0.29) is 18.3 Å². The van der Waals surface area contributed by atoms with E-state index in [1.54, 1.807) is 14.0 Å². The third-order valence-electron chi connectivity index (χ3n) is 5.09. The Morgan fingerprint density at radius 3 is 2.62 bits per heavy atom. The molecule has 1 atom stereocenters. The standard InChI is InChI=1S/C22H28N2O4S/c1-4-11-24-12-10-17-18(14-24)29-21(20(17)22(26)28-5-2)23-19(25)13-15-6-8-16(27-3)9-7-15/h6-9H,4-5,10-14H2,1-3H3,(H,23,25)/p+1. The highest BCUT2D eigenvalue weighted by Crippen LogP contribution is 2.35. The maximum absolute atomic E-state index is 12.7. The number of rotatable bonds is 8. The predicted octanol–water partition coefficient (Wildman–Crippen LogP) is 2.47. The van der Waals surface area contributed by atoms with E-state index in [1.807, 2.05) is 24.3 Å². The first-order valence-corrected chi connectivity index (χ1v) is 10.9. The molecule has 0 radical (unpaired) electrons. The van der Waals surface area contributed by atoms with Crippen molar-refractivity contribution < 1.29 is 24.0 Å². The molecule has 1 amide bonds. The van der Waals surface area contributed by atoms with Crippen LogP contribution >= 0.6 is 11.3 Å². The fraction of sp³-hybridized carbons (Fsp3) is 0.455. The number of esters is 1. The van der Waals surface area contributed by atoms with Crippen LogP contribution < -0.4 is 15.0 Å². The Bertz CT molecular complexity index is 860. The molecular formula is C22H29N2O4S+. The van der Waals surface area contributed by atoms with Gasteiger partial charge in [0.15, 0.2) is 0 Å². The average molecular weight is 418 g/mol. The van der Waals surface area contributed by atoms with E-state index in [9.17, 15) is 9.59 Å². The predicted molar refractivity (Wildman–Crippen MR) is 114 cm³/mol. The Hall–Kier alpha value is -2.38. The minimum absolute atomic E-state index is 0.142. The van der Waals surface area contributed by atoms with Crippen molar-refractivity contribution in [1.82, 2.24) is 0 Å². The van der Waals surface area contributed by atoms with Gasteiger partial charge in [-0.15, -0.1) is 11.3 Å². The summed E-state index contributed by atoms with van der Waals surface area (Å²) in [6.07, 6.45) is 2.21. The molecule has 0 bridgehead atoms. The number of carbonyl (C=O) groups is 2. The minimum Gasteiger partial charge on any atom is -0.497 e. The number of hydrogen-bond donors (Lipinski definition) is 2. The number of thiophene rings is 1. The van der Waals surface area contributed by atoms with Gasteiger partial charge in [0.2, 0.25) is 5.91 Å². The van der Waals surface area contributed by atoms with Gasteiger partial charge in [0, 0.05) is 6.42 Å². The Morgan fingerprint density at radius 2 is 1.97 bits per heavy atom. The van der Waals surface area contributed by atoms with Crippen LogP contribution in [0.2, 0.25) is 0 Å². The van der Waals surface area contributed by atoms with Crippen molar-refractivity contribution in [3.63, 3.8) is 0 Å². The molecule has 2 heterocycles. The van der Waals surface area contributed by atoms with E-state index < -0.39 is 0 Å². The fourth-order valence-corrected chi connectivity index (χ4v) is 5.03. The van der Waals surface area contributed by atoms with Crippen LogP contribution in [0.25, 0.3) is 0 Å². The van der Waals surface area contributed by atoms with Gasteiger partial charge in [-0.1, -0.05) is 19.1 Å². The highest BCUT2D eigenvalue weighted by Gasteiger charge is 2.31. The molecule has 3 rings (SSSR count). The van der Waals surface area contributed by atoms with Crippen LogP contribution in [0.4, 0.5) is 5.00 Å². The van der Waals surface area contributed by atoms with Crippen molar-refractivity contribution in [2.45, 2.75) is 39.7 Å². The second-order valence-corrected chi connectivity index (χ2v) is 8.28. The summed E-state index contributed by atoms with van der Waals surface area (Å²) in [5, 5.41) is 3.58. The van der Waals surface area contributed by atoms with E-state index in [0.29, 0.717) is 17.2 Å². The number of carbonyl (C=O) groups excluding carboxylic acids is 2. The lowest BCUT2D eigenvalue weighted by Crippen LogP contribution is -3.11. The minimum atomic E-state index is -0.344. The smallest absolute Gasteiger partial charge is 0.341 e. The van der Waals surface area contributed by atoms with Crippen molar-refractivity contribution in [2.75, 3.05) is 32.1 Å². The quantitative estimate of drug-likeness (QED) is 0.648. The van der Waals surface area contributed by atoms with Crippen LogP contribution in [-0.4, -0.2) is 38.7 Å². The summed E-state index contributed by atoms with van der Waals surface area (Å²) in [5.74, 6) is 0.268. The van der Waals surface area contributed by atoms with Gasteiger partial charge in [-0.3, -0.25) is 4.79 Å². The van der Waals surface area contributed by atoms with Crippen molar-refractivity contribution in [3.8, 4) is 5.75 Å².